The Kier molecular flexibility index (Phi) is 3.25. The highest BCUT2D eigenvalue weighted by Crippen LogP contribution is 2.40. The van der Waals surface area contributed by atoms with E-state index < -0.39 is 9.84 Å². The molecule has 0 unspecified atom stereocenters. The van der Waals surface area contributed by atoms with Crippen LogP contribution in [0.1, 0.15) is 11.1 Å². The second-order valence-corrected chi connectivity index (χ2v) is 10.8. The predicted octanol–water partition coefficient (Wildman–Crippen LogP) is 6.88. The standard InChI is InChI=1S/C28H18O2S/c29-31(30)15-17-1-3-19-5-7-21-9-11-23-12-10-22-8-6-20-4-2-18(16-31)14-25(20)27(22)28(23)26(21)24(19)13-17/h1-14H,15-16H2. The molecule has 0 spiro atoms. The first-order chi connectivity index (χ1) is 15.1. The van der Waals surface area contributed by atoms with Gasteiger partial charge in [-0.2, -0.15) is 0 Å². The summed E-state index contributed by atoms with van der Waals surface area (Å²) in [6.45, 7) is 0. The van der Waals surface area contributed by atoms with Crippen LogP contribution < -0.4 is 0 Å². The van der Waals surface area contributed by atoms with Crippen LogP contribution in [-0.4, -0.2) is 8.42 Å². The van der Waals surface area contributed by atoms with E-state index in [0.717, 1.165) is 32.7 Å². The van der Waals surface area contributed by atoms with Crippen molar-refractivity contribution in [1.29, 1.82) is 0 Å². The Hall–Kier alpha value is -3.43. The first kappa shape index (κ1) is 17.3. The fraction of sp³-hybridized carbons (Fsp3) is 0.0714. The first-order valence-electron chi connectivity index (χ1n) is 10.5. The van der Waals surface area contributed by atoms with Crippen molar-refractivity contribution in [3.63, 3.8) is 0 Å². The molecule has 1 heterocycles. The van der Waals surface area contributed by atoms with Crippen LogP contribution in [0.15, 0.2) is 84.9 Å². The van der Waals surface area contributed by atoms with E-state index in [0.29, 0.717) is 0 Å². The molecule has 1 aliphatic heterocycles. The van der Waals surface area contributed by atoms with Gasteiger partial charge in [-0.1, -0.05) is 72.8 Å². The van der Waals surface area contributed by atoms with Crippen LogP contribution in [0.5, 0.6) is 0 Å². The Bertz CT molecular complexity index is 1710. The molecular weight excluding hydrogens is 400 g/mol. The fourth-order valence-electron chi connectivity index (χ4n) is 5.34. The third kappa shape index (κ3) is 2.47. The van der Waals surface area contributed by atoms with Crippen LogP contribution in [0, 0.1) is 0 Å². The molecule has 0 fully saturated rings. The van der Waals surface area contributed by atoms with Gasteiger partial charge in [0.25, 0.3) is 0 Å². The van der Waals surface area contributed by atoms with Gasteiger partial charge in [0, 0.05) is 0 Å². The summed E-state index contributed by atoms with van der Waals surface area (Å²) in [5.74, 6) is 0.110. The molecule has 0 atom stereocenters. The summed E-state index contributed by atoms with van der Waals surface area (Å²) >= 11 is 0. The summed E-state index contributed by atoms with van der Waals surface area (Å²) in [6, 6.07) is 29.6. The van der Waals surface area contributed by atoms with Gasteiger partial charge in [-0.05, 0) is 77.1 Å². The molecule has 0 amide bonds. The molecule has 31 heavy (non-hydrogen) atoms. The average Bonchev–Trinajstić information content (AvgIpc) is 2.76. The van der Waals surface area contributed by atoms with E-state index in [1.54, 1.807) is 0 Å². The van der Waals surface area contributed by atoms with Gasteiger partial charge in [-0.25, -0.2) is 8.42 Å². The molecule has 6 aromatic carbocycles. The zero-order valence-electron chi connectivity index (χ0n) is 16.7. The summed E-state index contributed by atoms with van der Waals surface area (Å²) in [7, 11) is -3.28. The first-order valence-corrected chi connectivity index (χ1v) is 12.3. The van der Waals surface area contributed by atoms with Crippen molar-refractivity contribution in [3.8, 4) is 0 Å². The van der Waals surface area contributed by atoms with Crippen molar-refractivity contribution in [2.24, 2.45) is 0 Å². The van der Waals surface area contributed by atoms with Crippen molar-refractivity contribution in [2.75, 3.05) is 0 Å². The van der Waals surface area contributed by atoms with Gasteiger partial charge in [-0.3, -0.25) is 0 Å². The molecule has 0 aliphatic carbocycles. The lowest BCUT2D eigenvalue weighted by Crippen LogP contribution is -2.08. The second-order valence-electron chi connectivity index (χ2n) is 8.70. The van der Waals surface area contributed by atoms with E-state index in [1.807, 2.05) is 12.1 Å². The lowest BCUT2D eigenvalue weighted by molar-refractivity contribution is 0.594. The van der Waals surface area contributed by atoms with Crippen molar-refractivity contribution >= 4 is 63.7 Å². The molecule has 6 aromatic rings. The Balaban J connectivity index is 1.87. The molecule has 3 heteroatoms. The van der Waals surface area contributed by atoms with Gasteiger partial charge in [0.1, 0.15) is 0 Å². The highest BCUT2D eigenvalue weighted by Gasteiger charge is 2.18. The van der Waals surface area contributed by atoms with Crippen LogP contribution in [0.3, 0.4) is 0 Å². The molecule has 0 radical (unpaired) electrons. The van der Waals surface area contributed by atoms with Crippen LogP contribution in [0.4, 0.5) is 0 Å². The molecule has 0 saturated carbocycles. The summed E-state index contributed by atoms with van der Waals surface area (Å²) in [5, 5.41) is 11.7. The average molecular weight is 419 g/mol. The molecule has 2 nitrogen and oxygen atoms in total. The Morgan fingerprint density at radius 3 is 1.26 bits per heavy atom. The normalized spacial score (nSPS) is 15.4. The minimum atomic E-state index is -3.28. The number of sulfone groups is 1. The zero-order chi connectivity index (χ0) is 20.7. The molecule has 7 rings (SSSR count). The SMILES string of the molecule is O=S1(=O)Cc2ccc3ccc4ccc5ccc6ccc7ccc(cc7c6c5c4c3c2)C1. The second kappa shape index (κ2) is 5.83. The summed E-state index contributed by atoms with van der Waals surface area (Å²) in [5.41, 5.74) is 1.69. The predicted molar refractivity (Wildman–Crippen MR) is 130 cm³/mol. The van der Waals surface area contributed by atoms with Crippen LogP contribution >= 0.6 is 0 Å². The smallest absolute Gasteiger partial charge is 0.158 e. The number of hydrogen-bond acceptors (Lipinski definition) is 2. The quantitative estimate of drug-likeness (QED) is 0.252. The van der Waals surface area contributed by atoms with Gasteiger partial charge >= 0.3 is 0 Å². The van der Waals surface area contributed by atoms with Crippen molar-refractivity contribution in [3.05, 3.63) is 96.1 Å². The summed E-state index contributed by atoms with van der Waals surface area (Å²) < 4.78 is 26.1. The zero-order valence-corrected chi connectivity index (χ0v) is 17.5. The number of fused-ring (bicyclic) bond motifs is 2. The largest absolute Gasteiger partial charge is 0.228 e. The Morgan fingerprint density at radius 2 is 0.806 bits per heavy atom. The van der Waals surface area contributed by atoms with Gasteiger partial charge in [0.2, 0.25) is 0 Å². The van der Waals surface area contributed by atoms with E-state index in [1.165, 1.54) is 32.3 Å². The van der Waals surface area contributed by atoms with E-state index in [2.05, 4.69) is 72.8 Å². The number of rotatable bonds is 0. The summed E-state index contributed by atoms with van der Waals surface area (Å²) in [4.78, 5) is 0. The minimum absolute atomic E-state index is 0.0548. The lowest BCUT2D eigenvalue weighted by Gasteiger charge is -2.15. The van der Waals surface area contributed by atoms with Gasteiger partial charge < -0.3 is 0 Å². The number of benzene rings is 6. The molecule has 148 valence electrons. The maximum absolute atomic E-state index is 13.0. The Labute approximate surface area is 179 Å². The molecule has 0 saturated heterocycles. The van der Waals surface area contributed by atoms with Crippen LogP contribution in [0.25, 0.3) is 53.9 Å². The van der Waals surface area contributed by atoms with Crippen molar-refractivity contribution in [1.82, 2.24) is 0 Å². The lowest BCUT2D eigenvalue weighted by atomic mass is 9.90. The van der Waals surface area contributed by atoms with Gasteiger partial charge in [0.05, 0.1) is 11.5 Å². The summed E-state index contributed by atoms with van der Waals surface area (Å²) in [6.07, 6.45) is 0. The van der Waals surface area contributed by atoms with E-state index in [9.17, 15) is 8.42 Å². The van der Waals surface area contributed by atoms with Gasteiger partial charge in [0.15, 0.2) is 9.84 Å². The van der Waals surface area contributed by atoms with Gasteiger partial charge in [-0.15, -0.1) is 0 Å². The maximum atomic E-state index is 13.0. The van der Waals surface area contributed by atoms with Crippen LogP contribution in [0.2, 0.25) is 0 Å². The fourth-order valence-corrected chi connectivity index (χ4v) is 6.81. The number of hydrogen-bond donors (Lipinski definition) is 0. The molecular formula is C28H18O2S. The molecule has 0 aromatic heterocycles. The Morgan fingerprint density at radius 1 is 0.452 bits per heavy atom. The van der Waals surface area contributed by atoms with Crippen LogP contribution in [-0.2, 0) is 21.3 Å². The molecule has 4 bridgehead atoms. The van der Waals surface area contributed by atoms with E-state index in [4.69, 9.17) is 0 Å². The highest BCUT2D eigenvalue weighted by atomic mass is 32.2. The topological polar surface area (TPSA) is 34.1 Å². The molecule has 1 aliphatic rings. The van der Waals surface area contributed by atoms with E-state index >= 15 is 0 Å². The monoisotopic (exact) mass is 418 g/mol. The van der Waals surface area contributed by atoms with Crippen molar-refractivity contribution in [2.45, 2.75) is 11.5 Å². The van der Waals surface area contributed by atoms with Crippen molar-refractivity contribution < 1.29 is 8.42 Å². The third-order valence-corrected chi connectivity index (χ3v) is 8.23. The third-order valence-electron chi connectivity index (χ3n) is 6.68. The minimum Gasteiger partial charge on any atom is -0.228 e. The maximum Gasteiger partial charge on any atom is 0.158 e. The molecule has 0 N–H and O–H groups in total. The van der Waals surface area contributed by atoms with E-state index in [-0.39, 0.29) is 11.5 Å². The highest BCUT2D eigenvalue weighted by molar-refractivity contribution is 7.89.